The standard InChI is InChI=1S/C14H21NO2S/c16-10-6-2-5-9-15-14(17)12-18-11-13-7-3-1-4-8-13/h1,3-4,7-8,16H,2,5-6,9-12H2,(H,15,17). The molecule has 0 aromatic heterocycles. The normalized spacial score (nSPS) is 10.3. The van der Waals surface area contributed by atoms with Gasteiger partial charge in [-0.05, 0) is 24.8 Å². The third-order valence-corrected chi connectivity index (χ3v) is 3.51. The summed E-state index contributed by atoms with van der Waals surface area (Å²) in [4.78, 5) is 11.5. The molecule has 1 aromatic carbocycles. The first kappa shape index (κ1) is 15.1. The fourth-order valence-corrected chi connectivity index (χ4v) is 2.35. The third kappa shape index (κ3) is 7.35. The van der Waals surface area contributed by atoms with Crippen LogP contribution in [0, 0.1) is 0 Å². The second-order valence-electron chi connectivity index (χ2n) is 4.11. The second-order valence-corrected chi connectivity index (χ2v) is 5.10. The molecule has 100 valence electrons. The zero-order valence-corrected chi connectivity index (χ0v) is 11.4. The molecule has 3 nitrogen and oxygen atoms in total. The number of aliphatic hydroxyl groups excluding tert-OH is 1. The van der Waals surface area contributed by atoms with E-state index in [-0.39, 0.29) is 12.5 Å². The predicted molar refractivity (Wildman–Crippen MR) is 76.6 cm³/mol. The lowest BCUT2D eigenvalue weighted by Gasteiger charge is -2.05. The quantitative estimate of drug-likeness (QED) is 0.674. The second kappa shape index (κ2) is 9.97. The number of hydrogen-bond acceptors (Lipinski definition) is 3. The van der Waals surface area contributed by atoms with E-state index in [1.54, 1.807) is 11.8 Å². The highest BCUT2D eigenvalue weighted by Gasteiger charge is 2.01. The fraction of sp³-hybridized carbons (Fsp3) is 0.500. The monoisotopic (exact) mass is 267 g/mol. The first-order valence-corrected chi connectivity index (χ1v) is 7.47. The van der Waals surface area contributed by atoms with Crippen molar-refractivity contribution in [3.05, 3.63) is 35.9 Å². The molecule has 0 heterocycles. The topological polar surface area (TPSA) is 49.3 Å². The molecule has 0 aliphatic carbocycles. The largest absolute Gasteiger partial charge is 0.396 e. The maximum Gasteiger partial charge on any atom is 0.230 e. The van der Waals surface area contributed by atoms with E-state index in [2.05, 4.69) is 17.4 Å². The summed E-state index contributed by atoms with van der Waals surface area (Å²) in [5.74, 6) is 1.48. The van der Waals surface area contributed by atoms with E-state index in [9.17, 15) is 4.79 Å². The Hall–Kier alpha value is -1.00. The van der Waals surface area contributed by atoms with Crippen molar-refractivity contribution in [1.29, 1.82) is 0 Å². The van der Waals surface area contributed by atoms with Crippen LogP contribution in [-0.4, -0.2) is 29.9 Å². The number of carbonyl (C=O) groups excluding carboxylic acids is 1. The van der Waals surface area contributed by atoms with Gasteiger partial charge in [0.25, 0.3) is 0 Å². The third-order valence-electron chi connectivity index (χ3n) is 2.50. The van der Waals surface area contributed by atoms with Crippen LogP contribution in [0.25, 0.3) is 0 Å². The molecule has 0 aliphatic heterocycles. The Morgan fingerprint density at radius 3 is 2.67 bits per heavy atom. The SMILES string of the molecule is O=C(CSCc1ccccc1)NCCCCCO. The lowest BCUT2D eigenvalue weighted by molar-refractivity contribution is -0.118. The van der Waals surface area contributed by atoms with Crippen molar-refractivity contribution < 1.29 is 9.90 Å². The van der Waals surface area contributed by atoms with E-state index in [1.165, 1.54) is 5.56 Å². The van der Waals surface area contributed by atoms with Gasteiger partial charge in [-0.3, -0.25) is 4.79 Å². The fourth-order valence-electron chi connectivity index (χ4n) is 1.53. The van der Waals surface area contributed by atoms with Gasteiger partial charge in [0.1, 0.15) is 0 Å². The minimum absolute atomic E-state index is 0.0972. The van der Waals surface area contributed by atoms with Crippen LogP contribution in [0.3, 0.4) is 0 Å². The molecule has 18 heavy (non-hydrogen) atoms. The lowest BCUT2D eigenvalue weighted by atomic mass is 10.2. The van der Waals surface area contributed by atoms with E-state index in [4.69, 9.17) is 5.11 Å². The molecule has 0 radical (unpaired) electrons. The molecule has 0 aliphatic rings. The minimum Gasteiger partial charge on any atom is -0.396 e. The van der Waals surface area contributed by atoms with Crippen molar-refractivity contribution >= 4 is 17.7 Å². The summed E-state index contributed by atoms with van der Waals surface area (Å²) in [6, 6.07) is 10.2. The number of benzene rings is 1. The maximum absolute atomic E-state index is 11.5. The molecular formula is C14H21NO2S. The smallest absolute Gasteiger partial charge is 0.230 e. The number of unbranched alkanes of at least 4 members (excludes halogenated alkanes) is 2. The van der Waals surface area contributed by atoms with Gasteiger partial charge in [0.05, 0.1) is 5.75 Å². The molecule has 0 atom stereocenters. The molecule has 2 N–H and O–H groups in total. The Balaban J connectivity index is 2.00. The number of rotatable bonds is 9. The van der Waals surface area contributed by atoms with E-state index in [1.807, 2.05) is 18.2 Å². The van der Waals surface area contributed by atoms with Crippen LogP contribution < -0.4 is 5.32 Å². The summed E-state index contributed by atoms with van der Waals surface area (Å²) in [5, 5.41) is 11.5. The molecule has 4 heteroatoms. The summed E-state index contributed by atoms with van der Waals surface area (Å²) in [6.45, 7) is 0.950. The van der Waals surface area contributed by atoms with Crippen molar-refractivity contribution in [3.8, 4) is 0 Å². The van der Waals surface area contributed by atoms with Gasteiger partial charge in [-0.25, -0.2) is 0 Å². The van der Waals surface area contributed by atoms with E-state index in [0.717, 1.165) is 25.0 Å². The van der Waals surface area contributed by atoms with Crippen LogP contribution in [-0.2, 0) is 10.5 Å². The molecule has 1 aromatic rings. The van der Waals surface area contributed by atoms with Crippen LogP contribution in [0.4, 0.5) is 0 Å². The van der Waals surface area contributed by atoms with Crippen molar-refractivity contribution in [3.63, 3.8) is 0 Å². The van der Waals surface area contributed by atoms with Gasteiger partial charge >= 0.3 is 0 Å². The number of aliphatic hydroxyl groups is 1. The van der Waals surface area contributed by atoms with Gasteiger partial charge in [-0.15, -0.1) is 11.8 Å². The van der Waals surface area contributed by atoms with E-state index >= 15 is 0 Å². The van der Waals surface area contributed by atoms with E-state index < -0.39 is 0 Å². The Morgan fingerprint density at radius 2 is 1.94 bits per heavy atom. The Kier molecular flexibility index (Phi) is 8.34. The van der Waals surface area contributed by atoms with Gasteiger partial charge in [0.15, 0.2) is 0 Å². The Labute approximate surface area is 113 Å². The number of carbonyl (C=O) groups is 1. The van der Waals surface area contributed by atoms with Crippen molar-refractivity contribution in [2.75, 3.05) is 18.9 Å². The summed E-state index contributed by atoms with van der Waals surface area (Å²) in [7, 11) is 0. The Morgan fingerprint density at radius 1 is 1.17 bits per heavy atom. The summed E-state index contributed by atoms with van der Waals surface area (Å²) in [6.07, 6.45) is 2.72. The van der Waals surface area contributed by atoms with Gasteiger partial charge < -0.3 is 10.4 Å². The lowest BCUT2D eigenvalue weighted by Crippen LogP contribution is -2.26. The maximum atomic E-state index is 11.5. The molecule has 0 saturated heterocycles. The van der Waals surface area contributed by atoms with Crippen LogP contribution in [0.15, 0.2) is 30.3 Å². The number of thioether (sulfide) groups is 1. The summed E-state index contributed by atoms with van der Waals surface area (Å²) >= 11 is 1.63. The number of nitrogens with one attached hydrogen (secondary N) is 1. The highest BCUT2D eigenvalue weighted by atomic mass is 32.2. The van der Waals surface area contributed by atoms with Gasteiger partial charge in [-0.2, -0.15) is 0 Å². The molecule has 0 spiro atoms. The molecule has 0 bridgehead atoms. The van der Waals surface area contributed by atoms with Crippen molar-refractivity contribution in [2.24, 2.45) is 0 Å². The molecule has 1 amide bonds. The first-order valence-electron chi connectivity index (χ1n) is 6.32. The number of amides is 1. The zero-order valence-electron chi connectivity index (χ0n) is 10.6. The van der Waals surface area contributed by atoms with Crippen LogP contribution >= 0.6 is 11.8 Å². The van der Waals surface area contributed by atoms with Gasteiger partial charge in [-0.1, -0.05) is 30.3 Å². The molecule has 0 unspecified atom stereocenters. The van der Waals surface area contributed by atoms with Crippen molar-refractivity contribution in [1.82, 2.24) is 5.32 Å². The van der Waals surface area contributed by atoms with Crippen LogP contribution in [0.2, 0.25) is 0 Å². The Bertz CT molecular complexity index is 330. The van der Waals surface area contributed by atoms with Gasteiger partial charge in [0, 0.05) is 18.9 Å². The molecule has 0 fully saturated rings. The van der Waals surface area contributed by atoms with Crippen LogP contribution in [0.1, 0.15) is 24.8 Å². The molecule has 0 saturated carbocycles. The average molecular weight is 267 g/mol. The first-order chi connectivity index (χ1) is 8.83. The van der Waals surface area contributed by atoms with Gasteiger partial charge in [0.2, 0.25) is 5.91 Å². The highest BCUT2D eigenvalue weighted by Crippen LogP contribution is 2.10. The number of hydrogen-bond donors (Lipinski definition) is 2. The van der Waals surface area contributed by atoms with Crippen molar-refractivity contribution in [2.45, 2.75) is 25.0 Å². The van der Waals surface area contributed by atoms with Crippen LogP contribution in [0.5, 0.6) is 0 Å². The highest BCUT2D eigenvalue weighted by molar-refractivity contribution is 7.99. The molecule has 1 rings (SSSR count). The minimum atomic E-state index is 0.0972. The summed E-state index contributed by atoms with van der Waals surface area (Å²) in [5.41, 5.74) is 1.25. The summed E-state index contributed by atoms with van der Waals surface area (Å²) < 4.78 is 0. The predicted octanol–water partition coefficient (Wildman–Crippen LogP) is 2.20. The van der Waals surface area contributed by atoms with E-state index in [0.29, 0.717) is 12.3 Å². The zero-order chi connectivity index (χ0) is 13.1. The molecular weight excluding hydrogens is 246 g/mol. The average Bonchev–Trinajstić information content (AvgIpc) is 2.40.